The van der Waals surface area contributed by atoms with Crippen molar-refractivity contribution in [1.29, 1.82) is 0 Å². The van der Waals surface area contributed by atoms with Gasteiger partial charge in [0.15, 0.2) is 5.96 Å². The van der Waals surface area contributed by atoms with Crippen molar-refractivity contribution >= 4 is 5.96 Å². The minimum atomic E-state index is 0.610. The molecule has 0 aliphatic carbocycles. The van der Waals surface area contributed by atoms with Crippen LogP contribution in [0, 0.1) is 0 Å². The van der Waals surface area contributed by atoms with Crippen molar-refractivity contribution < 1.29 is 4.74 Å². The molecule has 140 valence electrons. The maximum absolute atomic E-state index is 5.77. The number of guanidine groups is 1. The van der Waals surface area contributed by atoms with Crippen LogP contribution in [0.3, 0.4) is 0 Å². The molecule has 5 nitrogen and oxygen atoms in total. The molecule has 0 aromatic heterocycles. The smallest absolute Gasteiger partial charge is 0.193 e. The fourth-order valence-corrected chi connectivity index (χ4v) is 2.71. The third-order valence-corrected chi connectivity index (χ3v) is 4.05. The van der Waals surface area contributed by atoms with Gasteiger partial charge in [-0.25, -0.2) is 0 Å². The molecule has 0 aliphatic rings. The van der Waals surface area contributed by atoms with Crippen molar-refractivity contribution in [1.82, 2.24) is 15.1 Å². The summed E-state index contributed by atoms with van der Waals surface area (Å²) in [6.07, 6.45) is 0. The van der Waals surface area contributed by atoms with Gasteiger partial charge < -0.3 is 19.9 Å². The largest absolute Gasteiger partial charge is 0.492 e. The Kier molecular flexibility index (Phi) is 7.96. The normalized spacial score (nSPS) is 11.5. The van der Waals surface area contributed by atoms with E-state index in [1.54, 1.807) is 0 Å². The van der Waals surface area contributed by atoms with Gasteiger partial charge in [0.2, 0.25) is 0 Å². The molecule has 5 heteroatoms. The van der Waals surface area contributed by atoms with Gasteiger partial charge in [-0.3, -0.25) is 4.99 Å². The SMILES string of the molecule is CN=C(NCc1ccccc1CN(C)C)N(C)CCOc1ccccc1. The Morgan fingerprint density at radius 2 is 1.62 bits per heavy atom. The average molecular weight is 354 g/mol. The number of nitrogens with one attached hydrogen (secondary N) is 1. The van der Waals surface area contributed by atoms with Gasteiger partial charge >= 0.3 is 0 Å². The molecule has 0 saturated heterocycles. The van der Waals surface area contributed by atoms with Gasteiger partial charge in [0.1, 0.15) is 12.4 Å². The van der Waals surface area contributed by atoms with Crippen molar-refractivity contribution in [2.45, 2.75) is 13.1 Å². The molecule has 0 aliphatic heterocycles. The Balaban J connectivity index is 1.85. The van der Waals surface area contributed by atoms with E-state index in [2.05, 4.69) is 58.5 Å². The highest BCUT2D eigenvalue weighted by Gasteiger charge is 2.08. The number of benzene rings is 2. The van der Waals surface area contributed by atoms with E-state index >= 15 is 0 Å². The van der Waals surface area contributed by atoms with Crippen LogP contribution in [0.4, 0.5) is 0 Å². The second-order valence-corrected chi connectivity index (χ2v) is 6.49. The third kappa shape index (κ3) is 6.41. The number of ether oxygens (including phenoxy) is 1. The van der Waals surface area contributed by atoms with Crippen LogP contribution in [0.15, 0.2) is 59.6 Å². The van der Waals surface area contributed by atoms with E-state index < -0.39 is 0 Å². The summed E-state index contributed by atoms with van der Waals surface area (Å²) in [5.41, 5.74) is 2.62. The zero-order chi connectivity index (χ0) is 18.8. The molecule has 0 heterocycles. The van der Waals surface area contributed by atoms with E-state index in [1.807, 2.05) is 44.4 Å². The standard InChI is InChI=1S/C21H30N4O/c1-22-21(25(4)14-15-26-20-12-6-5-7-13-20)23-16-18-10-8-9-11-19(18)17-24(2)3/h5-13H,14-17H2,1-4H3,(H,22,23). The van der Waals surface area contributed by atoms with E-state index in [1.165, 1.54) is 11.1 Å². The van der Waals surface area contributed by atoms with E-state index in [0.717, 1.165) is 31.3 Å². The number of hydrogen-bond acceptors (Lipinski definition) is 3. The molecule has 0 bridgehead atoms. The Morgan fingerprint density at radius 1 is 0.962 bits per heavy atom. The highest BCUT2D eigenvalue weighted by Crippen LogP contribution is 2.11. The summed E-state index contributed by atoms with van der Waals surface area (Å²) in [6.45, 7) is 3.05. The zero-order valence-corrected chi connectivity index (χ0v) is 16.3. The first kappa shape index (κ1) is 19.8. The second-order valence-electron chi connectivity index (χ2n) is 6.49. The quantitative estimate of drug-likeness (QED) is 0.585. The Labute approximate surface area is 157 Å². The summed E-state index contributed by atoms with van der Waals surface area (Å²) in [7, 11) is 8.01. The van der Waals surface area contributed by atoms with Crippen LogP contribution >= 0.6 is 0 Å². The highest BCUT2D eigenvalue weighted by atomic mass is 16.5. The molecule has 0 saturated carbocycles. The van der Waals surface area contributed by atoms with Gasteiger partial charge in [-0.15, -0.1) is 0 Å². The van der Waals surface area contributed by atoms with Gasteiger partial charge in [-0.1, -0.05) is 42.5 Å². The maximum atomic E-state index is 5.77. The van der Waals surface area contributed by atoms with E-state index in [0.29, 0.717) is 6.61 Å². The summed E-state index contributed by atoms with van der Waals surface area (Å²) in [5, 5.41) is 3.45. The second kappa shape index (κ2) is 10.5. The van der Waals surface area contributed by atoms with E-state index in [-0.39, 0.29) is 0 Å². The first-order valence-corrected chi connectivity index (χ1v) is 8.91. The Bertz CT molecular complexity index is 685. The maximum Gasteiger partial charge on any atom is 0.193 e. The number of hydrogen-bond donors (Lipinski definition) is 1. The fraction of sp³-hybridized carbons (Fsp3) is 0.381. The molecular formula is C21H30N4O. The van der Waals surface area contributed by atoms with Crippen molar-refractivity contribution in [3.05, 3.63) is 65.7 Å². The van der Waals surface area contributed by atoms with Gasteiger partial charge in [0.05, 0.1) is 6.54 Å². The molecule has 1 N–H and O–H groups in total. The summed E-state index contributed by atoms with van der Waals surface area (Å²) < 4.78 is 5.77. The zero-order valence-electron chi connectivity index (χ0n) is 16.3. The lowest BCUT2D eigenvalue weighted by atomic mass is 10.1. The Hall–Kier alpha value is -2.53. The monoisotopic (exact) mass is 354 g/mol. The van der Waals surface area contributed by atoms with Crippen LogP contribution < -0.4 is 10.1 Å². The number of aliphatic imine (C=N–C) groups is 1. The topological polar surface area (TPSA) is 40.1 Å². The number of rotatable bonds is 8. The molecule has 0 spiro atoms. The highest BCUT2D eigenvalue weighted by molar-refractivity contribution is 5.79. The van der Waals surface area contributed by atoms with E-state index in [9.17, 15) is 0 Å². The number of para-hydroxylation sites is 1. The van der Waals surface area contributed by atoms with Gasteiger partial charge in [-0.05, 0) is 37.4 Å². The molecular weight excluding hydrogens is 324 g/mol. The molecule has 2 aromatic carbocycles. The minimum absolute atomic E-state index is 0.610. The lowest BCUT2D eigenvalue weighted by molar-refractivity contribution is 0.281. The van der Waals surface area contributed by atoms with Gasteiger partial charge in [0.25, 0.3) is 0 Å². The lowest BCUT2D eigenvalue weighted by Gasteiger charge is -2.23. The van der Waals surface area contributed by atoms with Crippen molar-refractivity contribution in [2.75, 3.05) is 41.3 Å². The van der Waals surface area contributed by atoms with Crippen LogP contribution in [0.25, 0.3) is 0 Å². The van der Waals surface area contributed by atoms with Gasteiger partial charge in [-0.2, -0.15) is 0 Å². The fourth-order valence-electron chi connectivity index (χ4n) is 2.71. The van der Waals surface area contributed by atoms with Crippen LogP contribution in [0.1, 0.15) is 11.1 Å². The molecule has 0 unspecified atom stereocenters. The number of likely N-dealkylation sites (N-methyl/N-ethyl adjacent to an activating group) is 1. The molecule has 2 rings (SSSR count). The first-order valence-electron chi connectivity index (χ1n) is 8.91. The summed E-state index contributed by atoms with van der Waals surface area (Å²) in [5.74, 6) is 1.75. The van der Waals surface area contributed by atoms with Crippen LogP contribution in [-0.2, 0) is 13.1 Å². The van der Waals surface area contributed by atoms with Crippen molar-refractivity contribution in [3.8, 4) is 5.75 Å². The predicted molar refractivity (Wildman–Crippen MR) is 109 cm³/mol. The van der Waals surface area contributed by atoms with E-state index in [4.69, 9.17) is 4.74 Å². The van der Waals surface area contributed by atoms with Crippen LogP contribution in [0.2, 0.25) is 0 Å². The summed E-state index contributed by atoms with van der Waals surface area (Å²) >= 11 is 0. The molecule has 0 atom stereocenters. The molecule has 26 heavy (non-hydrogen) atoms. The molecule has 0 amide bonds. The van der Waals surface area contributed by atoms with Crippen LogP contribution in [-0.4, -0.2) is 57.1 Å². The molecule has 2 aromatic rings. The van der Waals surface area contributed by atoms with Crippen molar-refractivity contribution in [2.24, 2.45) is 4.99 Å². The molecule has 0 radical (unpaired) electrons. The summed E-state index contributed by atoms with van der Waals surface area (Å²) in [6, 6.07) is 18.4. The first-order chi connectivity index (χ1) is 12.6. The average Bonchev–Trinajstić information content (AvgIpc) is 2.64. The number of nitrogens with zero attached hydrogens (tertiary/aromatic N) is 3. The summed E-state index contributed by atoms with van der Waals surface area (Å²) in [4.78, 5) is 8.65. The van der Waals surface area contributed by atoms with Crippen molar-refractivity contribution in [3.63, 3.8) is 0 Å². The minimum Gasteiger partial charge on any atom is -0.492 e. The van der Waals surface area contributed by atoms with Crippen LogP contribution in [0.5, 0.6) is 5.75 Å². The Morgan fingerprint density at radius 3 is 2.27 bits per heavy atom. The third-order valence-electron chi connectivity index (χ3n) is 4.05. The van der Waals surface area contributed by atoms with Gasteiger partial charge in [0, 0.05) is 27.2 Å². The molecule has 0 fully saturated rings. The lowest BCUT2D eigenvalue weighted by Crippen LogP contribution is -2.40. The predicted octanol–water partition coefficient (Wildman–Crippen LogP) is 2.83.